The van der Waals surface area contributed by atoms with E-state index in [0.29, 0.717) is 28.5 Å². The number of primary amides is 1. The molecule has 3 rings (SSSR count). The Balaban J connectivity index is 1.77. The van der Waals surface area contributed by atoms with E-state index in [1.807, 2.05) is 46.8 Å². The van der Waals surface area contributed by atoms with E-state index in [4.69, 9.17) is 19.7 Å². The lowest BCUT2D eigenvalue weighted by molar-refractivity contribution is -0.127. The lowest BCUT2D eigenvalue weighted by atomic mass is 10.1. The van der Waals surface area contributed by atoms with E-state index in [9.17, 15) is 15.0 Å². The van der Waals surface area contributed by atoms with Gasteiger partial charge >= 0.3 is 6.01 Å². The molecule has 4 N–H and O–H groups in total. The molecule has 11 heteroatoms. The zero-order chi connectivity index (χ0) is 25.0. The number of carbonyl (C=O) groups is 1. The van der Waals surface area contributed by atoms with Crippen LogP contribution in [0.5, 0.6) is 11.8 Å². The molecule has 0 aliphatic rings. The van der Waals surface area contributed by atoms with Gasteiger partial charge < -0.3 is 29.9 Å². The van der Waals surface area contributed by atoms with Crippen LogP contribution in [0.1, 0.15) is 37.1 Å². The van der Waals surface area contributed by atoms with Gasteiger partial charge in [-0.2, -0.15) is 9.97 Å². The van der Waals surface area contributed by atoms with Gasteiger partial charge in [0.25, 0.3) is 5.89 Å². The fourth-order valence-corrected chi connectivity index (χ4v) is 3.29. The number of rotatable bonds is 10. The molecule has 0 spiro atoms. The van der Waals surface area contributed by atoms with E-state index >= 15 is 0 Å². The molecule has 1 aromatic carbocycles. The fourth-order valence-electron chi connectivity index (χ4n) is 3.29. The Hall–Kier alpha value is -3.57. The highest BCUT2D eigenvalue weighted by Gasteiger charge is 2.19. The molecule has 11 nitrogen and oxygen atoms in total. The van der Waals surface area contributed by atoms with Crippen molar-refractivity contribution in [3.05, 3.63) is 35.0 Å². The third kappa shape index (κ3) is 6.27. The zero-order valence-corrected chi connectivity index (χ0v) is 19.8. The second-order valence-corrected chi connectivity index (χ2v) is 8.32. The average Bonchev–Trinajstić information content (AvgIpc) is 3.22. The van der Waals surface area contributed by atoms with E-state index in [2.05, 4.69) is 20.1 Å². The number of nitrogens with two attached hydrogens (primary N) is 1. The minimum atomic E-state index is -1.43. The van der Waals surface area contributed by atoms with E-state index in [1.165, 1.54) is 0 Å². The Kier molecular flexibility index (Phi) is 7.79. The third-order valence-corrected chi connectivity index (χ3v) is 4.78. The normalized spacial score (nSPS) is 13.1. The van der Waals surface area contributed by atoms with Crippen molar-refractivity contribution < 1.29 is 29.0 Å². The van der Waals surface area contributed by atoms with Crippen LogP contribution in [0.4, 0.5) is 0 Å². The van der Waals surface area contributed by atoms with Crippen LogP contribution in [-0.2, 0) is 4.79 Å². The third-order valence-electron chi connectivity index (χ3n) is 4.78. The molecule has 182 valence electrons. The monoisotopic (exact) mass is 471 g/mol. The van der Waals surface area contributed by atoms with Gasteiger partial charge in [0.05, 0.1) is 12.2 Å². The molecule has 2 atom stereocenters. The smallest absolute Gasteiger partial charge is 0.317 e. The number of aryl methyl sites for hydroxylation is 3. The maximum atomic E-state index is 10.9. The molecule has 0 bridgehead atoms. The van der Waals surface area contributed by atoms with Crippen LogP contribution in [0.15, 0.2) is 22.7 Å². The Morgan fingerprint density at radius 1 is 1.09 bits per heavy atom. The summed E-state index contributed by atoms with van der Waals surface area (Å²) in [4.78, 5) is 24.0. The number of aliphatic hydroxyl groups is 2. The van der Waals surface area contributed by atoms with Gasteiger partial charge in [0, 0.05) is 17.7 Å². The molecule has 0 saturated heterocycles. The number of benzene rings is 1. The van der Waals surface area contributed by atoms with Crippen LogP contribution in [0.25, 0.3) is 23.0 Å². The van der Waals surface area contributed by atoms with Crippen LogP contribution in [0, 0.1) is 20.8 Å². The first kappa shape index (κ1) is 25.1. The number of ether oxygens (including phenoxy) is 2. The van der Waals surface area contributed by atoms with Crippen molar-refractivity contribution >= 4 is 5.91 Å². The van der Waals surface area contributed by atoms with Crippen molar-refractivity contribution in [1.82, 2.24) is 20.1 Å². The minimum Gasteiger partial charge on any atom is -0.490 e. The minimum absolute atomic E-state index is 0.0751. The number of amides is 1. The van der Waals surface area contributed by atoms with Crippen LogP contribution in [0.3, 0.4) is 0 Å². The van der Waals surface area contributed by atoms with E-state index in [1.54, 1.807) is 6.07 Å². The number of aliphatic hydroxyl groups excluding tert-OH is 2. The van der Waals surface area contributed by atoms with E-state index in [0.717, 1.165) is 11.1 Å². The van der Waals surface area contributed by atoms with Crippen molar-refractivity contribution in [1.29, 1.82) is 0 Å². The lowest BCUT2D eigenvalue weighted by Gasteiger charge is -2.17. The first-order valence-corrected chi connectivity index (χ1v) is 10.8. The largest absolute Gasteiger partial charge is 0.490 e. The molecule has 0 radical (unpaired) electrons. The van der Waals surface area contributed by atoms with Gasteiger partial charge in [0.1, 0.15) is 24.2 Å². The van der Waals surface area contributed by atoms with Crippen molar-refractivity contribution in [3.8, 4) is 34.7 Å². The Morgan fingerprint density at radius 2 is 1.76 bits per heavy atom. The van der Waals surface area contributed by atoms with Crippen molar-refractivity contribution in [2.75, 3.05) is 6.61 Å². The second kappa shape index (κ2) is 10.6. The first-order valence-electron chi connectivity index (χ1n) is 10.8. The number of hydrogen-bond donors (Lipinski definition) is 3. The highest BCUT2D eigenvalue weighted by atomic mass is 16.5. The van der Waals surface area contributed by atoms with Gasteiger partial charge in [-0.15, -0.1) is 0 Å². The van der Waals surface area contributed by atoms with Crippen LogP contribution in [-0.4, -0.2) is 61.1 Å². The van der Waals surface area contributed by atoms with Crippen LogP contribution >= 0.6 is 0 Å². The molecule has 2 aromatic heterocycles. The van der Waals surface area contributed by atoms with Gasteiger partial charge in [0.2, 0.25) is 11.7 Å². The molecule has 0 saturated carbocycles. The predicted octanol–water partition coefficient (Wildman–Crippen LogP) is 1.88. The van der Waals surface area contributed by atoms with Crippen molar-refractivity contribution in [2.24, 2.45) is 5.73 Å². The van der Waals surface area contributed by atoms with Crippen LogP contribution in [0.2, 0.25) is 0 Å². The summed E-state index contributed by atoms with van der Waals surface area (Å²) in [6.07, 6.45) is -2.76. The number of nitrogens with zero attached hydrogens (tertiary/aromatic N) is 4. The molecule has 34 heavy (non-hydrogen) atoms. The molecular weight excluding hydrogens is 442 g/mol. The van der Waals surface area contributed by atoms with Gasteiger partial charge in [-0.3, -0.25) is 4.79 Å². The molecule has 0 aliphatic heterocycles. The lowest BCUT2D eigenvalue weighted by Crippen LogP contribution is -2.33. The average molecular weight is 472 g/mol. The molecule has 0 aliphatic carbocycles. The summed E-state index contributed by atoms with van der Waals surface area (Å²) in [5.74, 6) is 0.291. The van der Waals surface area contributed by atoms with Crippen molar-refractivity contribution in [2.45, 2.75) is 59.4 Å². The van der Waals surface area contributed by atoms with E-state index in [-0.39, 0.29) is 31.0 Å². The van der Waals surface area contributed by atoms with Gasteiger partial charge in [-0.25, -0.2) is 4.98 Å². The van der Waals surface area contributed by atoms with Gasteiger partial charge in [-0.05, 0) is 63.9 Å². The van der Waals surface area contributed by atoms with Crippen LogP contribution < -0.4 is 15.2 Å². The summed E-state index contributed by atoms with van der Waals surface area (Å²) in [7, 11) is 0. The quantitative estimate of drug-likeness (QED) is 0.397. The van der Waals surface area contributed by atoms with Crippen molar-refractivity contribution in [3.63, 3.8) is 0 Å². The van der Waals surface area contributed by atoms with Gasteiger partial charge in [0.15, 0.2) is 0 Å². The Morgan fingerprint density at radius 3 is 2.38 bits per heavy atom. The molecule has 1 unspecified atom stereocenters. The number of carbonyl (C=O) groups excluding carboxylic acids is 1. The predicted molar refractivity (Wildman–Crippen MR) is 122 cm³/mol. The Labute approximate surface area is 197 Å². The van der Waals surface area contributed by atoms with Gasteiger partial charge in [-0.1, -0.05) is 5.16 Å². The zero-order valence-electron chi connectivity index (χ0n) is 19.8. The maximum Gasteiger partial charge on any atom is 0.317 e. The fraction of sp³-hybridized carbons (Fsp3) is 0.435. The highest BCUT2D eigenvalue weighted by Crippen LogP contribution is 2.30. The molecule has 3 aromatic rings. The standard InChI is InChI=1S/C23H29N5O6/c1-11(2)33-23-25-14(5)8-17(26-23)22-27-21(28-34-22)15-6-12(3)19(13(4)7-15)32-10-16(29)9-18(30)20(24)31/h6-8,11,16,18,29-30H,9-10H2,1-5H3,(H2,24,31)/t16-,18?/m0/s1. The number of aromatic nitrogens is 4. The summed E-state index contributed by atoms with van der Waals surface area (Å²) in [5.41, 5.74) is 8.47. The topological polar surface area (TPSA) is 167 Å². The number of hydrogen-bond acceptors (Lipinski definition) is 10. The molecule has 0 fully saturated rings. The second-order valence-electron chi connectivity index (χ2n) is 8.32. The SMILES string of the molecule is Cc1cc(-c2nc(-c3cc(C)c(OC[C@@H](O)CC(O)C(N)=O)c(C)c3)no2)nc(OC(C)C)n1. The summed E-state index contributed by atoms with van der Waals surface area (Å²) in [5, 5.41) is 23.6. The maximum absolute atomic E-state index is 10.9. The molecule has 2 heterocycles. The summed E-state index contributed by atoms with van der Waals surface area (Å²) in [6.45, 7) is 9.19. The van der Waals surface area contributed by atoms with E-state index < -0.39 is 18.1 Å². The first-order chi connectivity index (χ1) is 16.0. The Bertz CT molecular complexity index is 1140. The summed E-state index contributed by atoms with van der Waals surface area (Å²) in [6, 6.07) is 5.64. The summed E-state index contributed by atoms with van der Waals surface area (Å²) >= 11 is 0. The summed E-state index contributed by atoms with van der Waals surface area (Å²) < 4.78 is 16.7. The molecule has 1 amide bonds. The highest BCUT2D eigenvalue weighted by molar-refractivity contribution is 5.78. The molecular formula is C23H29N5O6.